The van der Waals surface area contributed by atoms with E-state index in [0.29, 0.717) is 16.9 Å². The first-order valence-corrected chi connectivity index (χ1v) is 6.90. The van der Waals surface area contributed by atoms with Crippen LogP contribution in [0, 0.1) is 5.92 Å². The van der Waals surface area contributed by atoms with E-state index in [1.54, 1.807) is 0 Å². The van der Waals surface area contributed by atoms with E-state index in [4.69, 9.17) is 21.8 Å². The second-order valence-corrected chi connectivity index (χ2v) is 5.55. The number of aromatic nitrogens is 1. The highest BCUT2D eigenvalue weighted by atomic mass is 35.5. The lowest BCUT2D eigenvalue weighted by Gasteiger charge is -2.25. The molecule has 2 N–H and O–H groups in total. The summed E-state index contributed by atoms with van der Waals surface area (Å²) in [6.07, 6.45) is 4.62. The molecule has 0 atom stereocenters. The average molecular weight is 265 g/mol. The molecular weight excluding hydrogens is 248 g/mol. The molecule has 96 valence electrons. The molecular formula is C14H17ClN2O. The van der Waals surface area contributed by atoms with Gasteiger partial charge in [0, 0.05) is 17.0 Å². The maximum absolute atomic E-state index is 5.95. The lowest BCUT2D eigenvalue weighted by atomic mass is 9.82. The molecule has 0 unspecified atom stereocenters. The molecule has 0 aliphatic heterocycles. The number of hydrogen-bond donors (Lipinski definition) is 1. The third kappa shape index (κ3) is 2.25. The third-order valence-electron chi connectivity index (χ3n) is 3.90. The van der Waals surface area contributed by atoms with Crippen molar-refractivity contribution in [2.24, 2.45) is 11.7 Å². The zero-order valence-electron chi connectivity index (χ0n) is 10.2. The van der Waals surface area contributed by atoms with Gasteiger partial charge < -0.3 is 10.2 Å². The Morgan fingerprint density at radius 3 is 2.78 bits per heavy atom. The Balaban J connectivity index is 1.82. The predicted octanol–water partition coefficient (Wildman–Crippen LogP) is 3.71. The second kappa shape index (κ2) is 4.90. The number of nitrogens with two attached hydrogens (primary N) is 1. The summed E-state index contributed by atoms with van der Waals surface area (Å²) in [6.45, 7) is 0.801. The fourth-order valence-corrected chi connectivity index (χ4v) is 2.90. The smallest absolute Gasteiger partial charge is 0.198 e. The second-order valence-electron chi connectivity index (χ2n) is 5.12. The molecule has 3 nitrogen and oxygen atoms in total. The highest BCUT2D eigenvalue weighted by Crippen LogP contribution is 2.36. The minimum absolute atomic E-state index is 0.443. The van der Waals surface area contributed by atoms with Gasteiger partial charge in [-0.15, -0.1) is 0 Å². The maximum Gasteiger partial charge on any atom is 0.198 e. The largest absolute Gasteiger partial charge is 0.440 e. The molecule has 1 heterocycles. The van der Waals surface area contributed by atoms with Gasteiger partial charge in [0.15, 0.2) is 11.5 Å². The Morgan fingerprint density at radius 1 is 1.28 bits per heavy atom. The molecule has 0 saturated heterocycles. The Labute approximate surface area is 111 Å². The molecule has 1 aromatic heterocycles. The summed E-state index contributed by atoms with van der Waals surface area (Å²) >= 11 is 5.95. The summed E-state index contributed by atoms with van der Waals surface area (Å²) in [5.41, 5.74) is 7.40. The van der Waals surface area contributed by atoms with Gasteiger partial charge in [0.05, 0.1) is 0 Å². The van der Waals surface area contributed by atoms with Crippen LogP contribution >= 0.6 is 11.6 Å². The van der Waals surface area contributed by atoms with Crippen LogP contribution in [0.4, 0.5) is 0 Å². The number of fused-ring (bicyclic) bond motifs is 1. The molecule has 0 radical (unpaired) electrons. The summed E-state index contributed by atoms with van der Waals surface area (Å²) in [6, 6.07) is 5.59. The van der Waals surface area contributed by atoms with Crippen molar-refractivity contribution in [2.75, 3.05) is 6.54 Å². The maximum atomic E-state index is 5.95. The topological polar surface area (TPSA) is 52.0 Å². The van der Waals surface area contributed by atoms with Crippen LogP contribution in [0.2, 0.25) is 5.02 Å². The number of benzene rings is 1. The number of rotatable bonds is 2. The van der Waals surface area contributed by atoms with E-state index in [1.165, 1.54) is 12.8 Å². The standard InChI is InChI=1S/C14H17ClN2O/c15-11-5-6-12-13(7-11)18-14(17-12)10-3-1-9(8-16)2-4-10/h5-7,9-10H,1-4,8,16H2. The van der Waals surface area contributed by atoms with Crippen molar-refractivity contribution in [1.82, 2.24) is 4.98 Å². The molecule has 0 bridgehead atoms. The summed E-state index contributed by atoms with van der Waals surface area (Å²) in [5.74, 6) is 1.99. The van der Waals surface area contributed by atoms with Gasteiger partial charge in [-0.3, -0.25) is 0 Å². The molecule has 18 heavy (non-hydrogen) atoms. The van der Waals surface area contributed by atoms with Crippen LogP contribution in [0.1, 0.15) is 37.5 Å². The van der Waals surface area contributed by atoms with Crippen LogP contribution < -0.4 is 5.73 Å². The fourth-order valence-electron chi connectivity index (χ4n) is 2.74. The minimum Gasteiger partial charge on any atom is -0.440 e. The van der Waals surface area contributed by atoms with Gasteiger partial charge in [-0.25, -0.2) is 4.98 Å². The summed E-state index contributed by atoms with van der Waals surface area (Å²) in [4.78, 5) is 4.57. The third-order valence-corrected chi connectivity index (χ3v) is 4.13. The highest BCUT2D eigenvalue weighted by molar-refractivity contribution is 6.31. The first-order chi connectivity index (χ1) is 8.76. The Hall–Kier alpha value is -1.06. The number of nitrogens with zero attached hydrogens (tertiary/aromatic N) is 1. The van der Waals surface area contributed by atoms with Crippen molar-refractivity contribution in [3.05, 3.63) is 29.1 Å². The van der Waals surface area contributed by atoms with E-state index in [9.17, 15) is 0 Å². The van der Waals surface area contributed by atoms with Crippen molar-refractivity contribution in [3.8, 4) is 0 Å². The minimum atomic E-state index is 0.443. The van der Waals surface area contributed by atoms with E-state index in [2.05, 4.69) is 4.98 Å². The van der Waals surface area contributed by atoms with Crippen LogP contribution in [0.3, 0.4) is 0 Å². The van der Waals surface area contributed by atoms with Crippen molar-refractivity contribution in [1.29, 1.82) is 0 Å². The first-order valence-electron chi connectivity index (χ1n) is 6.52. The lowest BCUT2D eigenvalue weighted by Crippen LogP contribution is -2.20. The van der Waals surface area contributed by atoms with Crippen LogP contribution in [-0.4, -0.2) is 11.5 Å². The Bertz CT molecular complexity index is 544. The van der Waals surface area contributed by atoms with Gasteiger partial charge >= 0.3 is 0 Å². The van der Waals surface area contributed by atoms with Gasteiger partial charge in [-0.1, -0.05) is 11.6 Å². The van der Waals surface area contributed by atoms with Gasteiger partial charge in [0.1, 0.15) is 5.52 Å². The van der Waals surface area contributed by atoms with Crippen LogP contribution in [-0.2, 0) is 0 Å². The molecule has 1 aliphatic rings. The van der Waals surface area contributed by atoms with Crippen molar-refractivity contribution >= 4 is 22.7 Å². The van der Waals surface area contributed by atoms with Gasteiger partial charge in [-0.05, 0) is 50.3 Å². The van der Waals surface area contributed by atoms with E-state index < -0.39 is 0 Å². The predicted molar refractivity (Wildman–Crippen MR) is 72.8 cm³/mol. The Morgan fingerprint density at radius 2 is 2.06 bits per heavy atom. The summed E-state index contributed by atoms with van der Waals surface area (Å²) in [7, 11) is 0. The average Bonchev–Trinajstić information content (AvgIpc) is 2.81. The normalized spacial score (nSPS) is 24.6. The summed E-state index contributed by atoms with van der Waals surface area (Å²) in [5, 5.41) is 0.692. The molecule has 4 heteroatoms. The zero-order valence-corrected chi connectivity index (χ0v) is 11.0. The highest BCUT2D eigenvalue weighted by Gasteiger charge is 2.25. The van der Waals surface area contributed by atoms with Crippen molar-refractivity contribution < 1.29 is 4.42 Å². The van der Waals surface area contributed by atoms with Gasteiger partial charge in [0.2, 0.25) is 0 Å². The van der Waals surface area contributed by atoms with Crippen molar-refractivity contribution in [2.45, 2.75) is 31.6 Å². The monoisotopic (exact) mass is 264 g/mol. The van der Waals surface area contributed by atoms with E-state index in [0.717, 1.165) is 36.4 Å². The molecule has 1 aliphatic carbocycles. The first kappa shape index (κ1) is 12.0. The molecule has 1 saturated carbocycles. The fraction of sp³-hybridized carbons (Fsp3) is 0.500. The van der Waals surface area contributed by atoms with Gasteiger partial charge in [-0.2, -0.15) is 0 Å². The molecule has 3 rings (SSSR count). The number of hydrogen-bond acceptors (Lipinski definition) is 3. The number of halogens is 1. The molecule has 1 fully saturated rings. The van der Waals surface area contributed by atoms with E-state index in [-0.39, 0.29) is 0 Å². The van der Waals surface area contributed by atoms with Crippen LogP contribution in [0.5, 0.6) is 0 Å². The molecule has 1 aromatic carbocycles. The van der Waals surface area contributed by atoms with Crippen molar-refractivity contribution in [3.63, 3.8) is 0 Å². The summed E-state index contributed by atoms with van der Waals surface area (Å²) < 4.78 is 5.83. The van der Waals surface area contributed by atoms with E-state index >= 15 is 0 Å². The molecule has 0 amide bonds. The van der Waals surface area contributed by atoms with Crippen LogP contribution in [0.25, 0.3) is 11.1 Å². The number of oxazole rings is 1. The molecule has 2 aromatic rings. The van der Waals surface area contributed by atoms with Crippen LogP contribution in [0.15, 0.2) is 22.6 Å². The lowest BCUT2D eigenvalue weighted by molar-refractivity contribution is 0.301. The quantitative estimate of drug-likeness (QED) is 0.900. The zero-order chi connectivity index (χ0) is 12.5. The van der Waals surface area contributed by atoms with E-state index in [1.807, 2.05) is 18.2 Å². The SMILES string of the molecule is NCC1CCC(c2nc3ccc(Cl)cc3o2)CC1. The van der Waals surface area contributed by atoms with Gasteiger partial charge in [0.25, 0.3) is 0 Å². The Kier molecular flexibility index (Phi) is 3.27. The molecule has 0 spiro atoms.